The fourth-order valence-electron chi connectivity index (χ4n) is 2.71. The van der Waals surface area contributed by atoms with Gasteiger partial charge in [-0.25, -0.2) is 9.78 Å². The minimum absolute atomic E-state index is 0.00977. The average Bonchev–Trinajstić information content (AvgIpc) is 2.75. The molecular weight excluding hydrogens is 445 g/mol. The first kappa shape index (κ1) is 22.2. The van der Waals surface area contributed by atoms with Crippen LogP contribution < -0.4 is 5.32 Å². The van der Waals surface area contributed by atoms with Gasteiger partial charge in [0.05, 0.1) is 15.5 Å². The number of carbonyl (C=O) groups excluding carboxylic acids is 2. The number of nitrogens with zero attached hydrogens (tertiary/aromatic N) is 2. The van der Waals surface area contributed by atoms with Crippen molar-refractivity contribution in [3.63, 3.8) is 0 Å². The molecule has 1 amide bonds. The number of hydrogen-bond donors (Lipinski definition) is 1. The molecule has 0 aliphatic rings. The largest absolute Gasteiger partial charge is 0.444 e. The smallest absolute Gasteiger partial charge is 0.340 e. The van der Waals surface area contributed by atoms with E-state index in [9.17, 15) is 19.7 Å². The standard InChI is InChI=1S/C21H15Cl2N3O5/c1-12-7-8-16(17(9-12)26(29)30)25-20(27)18(13-5-3-2-4-6-13)31-21(28)14-10-15(22)19(23)24-11-14/h2-11,18H,1H3,(H,25,27). The van der Waals surface area contributed by atoms with E-state index in [1.54, 1.807) is 43.3 Å². The molecule has 0 spiro atoms. The maximum Gasteiger partial charge on any atom is 0.340 e. The lowest BCUT2D eigenvalue weighted by atomic mass is 10.1. The summed E-state index contributed by atoms with van der Waals surface area (Å²) in [6.07, 6.45) is -0.217. The Hall–Kier alpha value is -3.49. The Morgan fingerprint density at radius 3 is 2.48 bits per heavy atom. The van der Waals surface area contributed by atoms with E-state index in [1.165, 1.54) is 24.4 Å². The number of nitrogens with one attached hydrogen (secondary N) is 1. The zero-order valence-electron chi connectivity index (χ0n) is 16.0. The third-order valence-electron chi connectivity index (χ3n) is 4.21. The van der Waals surface area contributed by atoms with Gasteiger partial charge in [-0.05, 0) is 24.6 Å². The van der Waals surface area contributed by atoms with Crippen LogP contribution in [0.15, 0.2) is 60.8 Å². The van der Waals surface area contributed by atoms with Crippen molar-refractivity contribution in [2.24, 2.45) is 0 Å². The molecule has 10 heteroatoms. The second-order valence-electron chi connectivity index (χ2n) is 6.46. The number of nitro benzene ring substituents is 1. The van der Waals surface area contributed by atoms with Crippen LogP contribution in [0, 0.1) is 17.0 Å². The molecule has 0 saturated heterocycles. The van der Waals surface area contributed by atoms with Gasteiger partial charge in [0.1, 0.15) is 10.8 Å². The summed E-state index contributed by atoms with van der Waals surface area (Å²) >= 11 is 11.7. The zero-order chi connectivity index (χ0) is 22.5. The fraction of sp³-hybridized carbons (Fsp3) is 0.0952. The molecule has 0 fully saturated rings. The van der Waals surface area contributed by atoms with Crippen LogP contribution in [-0.4, -0.2) is 21.8 Å². The first-order valence-corrected chi connectivity index (χ1v) is 9.64. The minimum atomic E-state index is -1.39. The Labute approximate surface area is 186 Å². The second kappa shape index (κ2) is 9.55. The molecule has 1 N–H and O–H groups in total. The summed E-state index contributed by atoms with van der Waals surface area (Å²) in [6, 6.07) is 13.9. The Kier molecular flexibility index (Phi) is 6.84. The van der Waals surface area contributed by atoms with Crippen molar-refractivity contribution in [3.05, 3.63) is 97.8 Å². The lowest BCUT2D eigenvalue weighted by Gasteiger charge is -2.18. The number of aromatic nitrogens is 1. The molecule has 0 saturated carbocycles. The SMILES string of the molecule is Cc1ccc(NC(=O)C(OC(=O)c2cnc(Cl)c(Cl)c2)c2ccccc2)c([N+](=O)[O-])c1. The van der Waals surface area contributed by atoms with Crippen molar-refractivity contribution < 1.29 is 19.2 Å². The third-order valence-corrected chi connectivity index (χ3v) is 4.89. The Balaban J connectivity index is 1.91. The van der Waals surface area contributed by atoms with E-state index in [0.29, 0.717) is 11.1 Å². The number of esters is 1. The summed E-state index contributed by atoms with van der Waals surface area (Å²) in [6.45, 7) is 1.69. The summed E-state index contributed by atoms with van der Waals surface area (Å²) < 4.78 is 5.41. The summed E-state index contributed by atoms with van der Waals surface area (Å²) in [5, 5.41) is 13.9. The normalized spacial score (nSPS) is 11.5. The molecule has 0 aliphatic carbocycles. The highest BCUT2D eigenvalue weighted by Gasteiger charge is 2.28. The number of ether oxygens (including phenoxy) is 1. The van der Waals surface area contributed by atoms with Crippen LogP contribution >= 0.6 is 23.2 Å². The molecular formula is C21H15Cl2N3O5. The predicted octanol–water partition coefficient (Wildman–Crippen LogP) is 5.14. The summed E-state index contributed by atoms with van der Waals surface area (Å²) in [5.41, 5.74) is 0.720. The van der Waals surface area contributed by atoms with Crippen molar-refractivity contribution in [3.8, 4) is 0 Å². The van der Waals surface area contributed by atoms with Gasteiger partial charge in [0.25, 0.3) is 11.6 Å². The van der Waals surface area contributed by atoms with E-state index in [2.05, 4.69) is 10.3 Å². The van der Waals surface area contributed by atoms with Gasteiger partial charge in [-0.1, -0.05) is 59.6 Å². The highest BCUT2D eigenvalue weighted by atomic mass is 35.5. The topological polar surface area (TPSA) is 111 Å². The van der Waals surface area contributed by atoms with Gasteiger partial charge in [0.2, 0.25) is 6.10 Å². The third kappa shape index (κ3) is 5.36. The molecule has 158 valence electrons. The lowest BCUT2D eigenvalue weighted by Crippen LogP contribution is -2.26. The molecule has 3 aromatic rings. The Morgan fingerprint density at radius 2 is 1.84 bits per heavy atom. The minimum Gasteiger partial charge on any atom is -0.444 e. The molecule has 1 unspecified atom stereocenters. The van der Waals surface area contributed by atoms with Crippen LogP contribution in [-0.2, 0) is 9.53 Å². The van der Waals surface area contributed by atoms with E-state index in [1.807, 2.05) is 0 Å². The molecule has 0 bridgehead atoms. The van der Waals surface area contributed by atoms with Gasteiger partial charge in [-0.2, -0.15) is 0 Å². The molecule has 31 heavy (non-hydrogen) atoms. The molecule has 3 rings (SSSR count). The lowest BCUT2D eigenvalue weighted by molar-refractivity contribution is -0.384. The maximum atomic E-state index is 13.0. The molecule has 1 aromatic heterocycles. The predicted molar refractivity (Wildman–Crippen MR) is 115 cm³/mol. The monoisotopic (exact) mass is 459 g/mol. The number of halogens is 2. The highest BCUT2D eigenvalue weighted by Crippen LogP contribution is 2.28. The van der Waals surface area contributed by atoms with Crippen molar-refractivity contribution >= 4 is 46.5 Å². The highest BCUT2D eigenvalue weighted by molar-refractivity contribution is 6.41. The van der Waals surface area contributed by atoms with E-state index in [4.69, 9.17) is 27.9 Å². The number of rotatable bonds is 6. The number of amides is 1. The van der Waals surface area contributed by atoms with E-state index in [-0.39, 0.29) is 27.1 Å². The average molecular weight is 460 g/mol. The van der Waals surface area contributed by atoms with Gasteiger partial charge < -0.3 is 10.1 Å². The van der Waals surface area contributed by atoms with Gasteiger partial charge in [-0.3, -0.25) is 14.9 Å². The number of hydrogen-bond acceptors (Lipinski definition) is 6. The van der Waals surface area contributed by atoms with E-state index < -0.39 is 22.9 Å². The number of nitro groups is 1. The van der Waals surface area contributed by atoms with Crippen molar-refractivity contribution in [2.45, 2.75) is 13.0 Å². The Morgan fingerprint density at radius 1 is 1.13 bits per heavy atom. The van der Waals surface area contributed by atoms with Crippen molar-refractivity contribution in [1.82, 2.24) is 4.98 Å². The number of aryl methyl sites for hydroxylation is 1. The van der Waals surface area contributed by atoms with Crippen molar-refractivity contribution in [1.29, 1.82) is 0 Å². The number of pyridine rings is 1. The van der Waals surface area contributed by atoms with Gasteiger partial charge >= 0.3 is 5.97 Å². The van der Waals surface area contributed by atoms with Crippen LogP contribution in [0.4, 0.5) is 11.4 Å². The van der Waals surface area contributed by atoms with Crippen LogP contribution in [0.25, 0.3) is 0 Å². The Bertz CT molecular complexity index is 1160. The molecule has 1 heterocycles. The first-order valence-electron chi connectivity index (χ1n) is 8.89. The van der Waals surface area contributed by atoms with Crippen LogP contribution in [0.5, 0.6) is 0 Å². The summed E-state index contributed by atoms with van der Waals surface area (Å²) in [7, 11) is 0. The first-order chi connectivity index (χ1) is 14.8. The van der Waals surface area contributed by atoms with Crippen LogP contribution in [0.1, 0.15) is 27.6 Å². The number of anilines is 1. The molecule has 0 radical (unpaired) electrons. The molecule has 0 aliphatic heterocycles. The van der Waals surface area contributed by atoms with E-state index >= 15 is 0 Å². The quantitative estimate of drug-likeness (QED) is 0.236. The molecule has 1 atom stereocenters. The number of benzene rings is 2. The van der Waals surface area contributed by atoms with Crippen molar-refractivity contribution in [2.75, 3.05) is 5.32 Å². The molecule has 2 aromatic carbocycles. The van der Waals surface area contributed by atoms with Gasteiger partial charge in [0, 0.05) is 17.8 Å². The molecule has 8 nitrogen and oxygen atoms in total. The number of carbonyl (C=O) groups is 2. The van der Waals surface area contributed by atoms with Gasteiger partial charge in [0.15, 0.2) is 0 Å². The maximum absolute atomic E-state index is 13.0. The van der Waals surface area contributed by atoms with E-state index in [0.717, 1.165) is 0 Å². The van der Waals surface area contributed by atoms with Crippen LogP contribution in [0.3, 0.4) is 0 Å². The fourth-order valence-corrected chi connectivity index (χ4v) is 2.98. The zero-order valence-corrected chi connectivity index (χ0v) is 17.6. The summed E-state index contributed by atoms with van der Waals surface area (Å²) in [5.74, 6) is -1.63. The second-order valence-corrected chi connectivity index (χ2v) is 7.22. The van der Waals surface area contributed by atoms with Crippen LogP contribution in [0.2, 0.25) is 10.2 Å². The summed E-state index contributed by atoms with van der Waals surface area (Å²) in [4.78, 5) is 40.1. The van der Waals surface area contributed by atoms with Gasteiger partial charge in [-0.15, -0.1) is 0 Å².